The van der Waals surface area contributed by atoms with E-state index in [0.29, 0.717) is 0 Å². The second-order valence-corrected chi connectivity index (χ2v) is 8.33. The van der Waals surface area contributed by atoms with Crippen molar-refractivity contribution in [3.8, 4) is 0 Å². The number of nitrogens with two attached hydrogens (primary N) is 1. The third kappa shape index (κ3) is 3.45. The van der Waals surface area contributed by atoms with Crippen molar-refractivity contribution in [2.45, 2.75) is 24.5 Å². The maximum atomic E-state index is 11.9. The van der Waals surface area contributed by atoms with Gasteiger partial charge in [0.1, 0.15) is 18.3 Å². The molecule has 2 aromatic rings. The van der Waals surface area contributed by atoms with Gasteiger partial charge in [0.2, 0.25) is 5.95 Å². The van der Waals surface area contributed by atoms with Gasteiger partial charge in [-0.15, -0.1) is 0 Å². The molecule has 1 unspecified atom stereocenters. The van der Waals surface area contributed by atoms with Crippen LogP contribution in [0, 0.1) is 0 Å². The van der Waals surface area contributed by atoms with Gasteiger partial charge in [-0.3, -0.25) is 27.9 Å². The topological polar surface area (TPSA) is 221 Å². The van der Waals surface area contributed by atoms with Gasteiger partial charge in [-0.05, 0) is 0 Å². The smallest absolute Gasteiger partial charge is 0.369 e. The van der Waals surface area contributed by atoms with Crippen molar-refractivity contribution in [2.24, 2.45) is 0 Å². The van der Waals surface area contributed by atoms with Crippen LogP contribution in [0.4, 0.5) is 5.95 Å². The molecule has 2 saturated heterocycles. The summed E-state index contributed by atoms with van der Waals surface area (Å²) in [6.07, 6.45) is -3.46. The second-order valence-electron chi connectivity index (χ2n) is 5.74. The van der Waals surface area contributed by atoms with Gasteiger partial charge in [0.25, 0.3) is 5.56 Å². The number of hydrogen-bond donors (Lipinski definition) is 5. The first-order valence-corrected chi connectivity index (χ1v) is 10.3. The molecule has 27 heavy (non-hydrogen) atoms. The van der Waals surface area contributed by atoms with Crippen molar-refractivity contribution in [1.29, 1.82) is 0 Å². The Kier molecular flexibility index (Phi) is 4.27. The van der Waals surface area contributed by atoms with Crippen LogP contribution in [0.3, 0.4) is 0 Å². The lowest BCUT2D eigenvalue weighted by Gasteiger charge is -2.19. The first-order chi connectivity index (χ1) is 12.5. The highest BCUT2D eigenvalue weighted by Crippen LogP contribution is 2.59. The molecule has 4 heterocycles. The minimum Gasteiger partial charge on any atom is -0.369 e. The highest BCUT2D eigenvalue weighted by molar-refractivity contribution is 7.47. The Balaban J connectivity index is 1.72. The number of nitrogen functional groups attached to an aromatic ring is 1. The maximum Gasteiger partial charge on any atom is 0.473 e. The summed E-state index contributed by atoms with van der Waals surface area (Å²) in [7, 11) is -9.24. The molecule has 0 spiro atoms. The molecular weight excluding hydrogens is 412 g/mol. The second kappa shape index (κ2) is 6.17. The molecule has 0 amide bonds. The molecule has 2 aromatic heterocycles. The monoisotopic (exact) mass is 425 g/mol. The quantitative estimate of drug-likeness (QED) is 0.356. The van der Waals surface area contributed by atoms with Crippen LogP contribution in [-0.2, 0) is 27.4 Å². The number of rotatable bonds is 4. The van der Waals surface area contributed by atoms with Crippen molar-refractivity contribution in [3.63, 3.8) is 0 Å². The van der Waals surface area contributed by atoms with Crippen LogP contribution in [0.1, 0.15) is 6.23 Å². The van der Waals surface area contributed by atoms with E-state index in [2.05, 4.69) is 19.5 Å². The van der Waals surface area contributed by atoms with E-state index in [0.717, 1.165) is 0 Å². The van der Waals surface area contributed by atoms with Gasteiger partial charge in [-0.2, -0.15) is 4.98 Å². The zero-order valence-corrected chi connectivity index (χ0v) is 14.9. The lowest BCUT2D eigenvalue weighted by Crippen LogP contribution is -2.31. The van der Waals surface area contributed by atoms with Gasteiger partial charge in [0, 0.05) is 0 Å². The molecule has 15 nitrogen and oxygen atoms in total. The van der Waals surface area contributed by atoms with E-state index in [4.69, 9.17) is 29.3 Å². The molecule has 0 radical (unpaired) electrons. The lowest BCUT2D eigenvalue weighted by atomic mass is 10.1. The predicted octanol–water partition coefficient (Wildman–Crippen LogP) is -1.41. The van der Waals surface area contributed by atoms with E-state index < -0.39 is 52.4 Å². The molecule has 2 aliphatic rings. The molecule has 2 aliphatic heterocycles. The Bertz CT molecular complexity index is 1050. The normalized spacial score (nSPS) is 33.6. The van der Waals surface area contributed by atoms with Crippen molar-refractivity contribution in [3.05, 3.63) is 16.7 Å². The third-order valence-electron chi connectivity index (χ3n) is 3.93. The zero-order valence-electron chi connectivity index (χ0n) is 13.1. The molecule has 148 valence electrons. The number of phosphoric ester groups is 2. The zero-order chi connectivity index (χ0) is 19.6. The number of aromatic amines is 1. The number of hydrogen-bond acceptors (Lipinski definition) is 10. The molecule has 2 fully saturated rings. The average Bonchev–Trinajstić information content (AvgIpc) is 3.15. The number of nitrogens with one attached hydrogen (secondary N) is 1. The standard InChI is InChI=1S/C10H13N5O10P2/c11-10-13-7-4(8(16)14-10)12-2-15(7)9-6-5(24-27(20,21)25-6)3(23-9)1-22-26(17,18)19/h2-3,5-6,9H,1H2,(H,20,21)(H2,17,18,19)(H3,11,13,14,16)/t3-,5-,6-,9-/m1/s1. The molecule has 4 rings (SSSR count). The predicted molar refractivity (Wildman–Crippen MR) is 84.0 cm³/mol. The summed E-state index contributed by atoms with van der Waals surface area (Å²) in [5.74, 6) is -0.193. The summed E-state index contributed by atoms with van der Waals surface area (Å²) in [6, 6.07) is 0. The first-order valence-electron chi connectivity index (χ1n) is 7.31. The number of phosphoric acid groups is 2. The van der Waals surface area contributed by atoms with Gasteiger partial charge in [0.05, 0.1) is 12.9 Å². The van der Waals surface area contributed by atoms with Gasteiger partial charge in [-0.1, -0.05) is 0 Å². The maximum absolute atomic E-state index is 11.9. The Morgan fingerprint density at radius 1 is 1.41 bits per heavy atom. The number of imidazole rings is 1. The lowest BCUT2D eigenvalue weighted by molar-refractivity contribution is -0.0581. The van der Waals surface area contributed by atoms with Gasteiger partial charge >= 0.3 is 15.6 Å². The van der Waals surface area contributed by atoms with Crippen molar-refractivity contribution < 1.29 is 42.1 Å². The summed E-state index contributed by atoms with van der Waals surface area (Å²) in [6.45, 7) is -0.645. The molecule has 17 heteroatoms. The van der Waals surface area contributed by atoms with Crippen molar-refractivity contribution in [1.82, 2.24) is 19.5 Å². The highest BCUT2D eigenvalue weighted by Gasteiger charge is 2.58. The van der Waals surface area contributed by atoms with Gasteiger partial charge in [-0.25, -0.2) is 14.1 Å². The first kappa shape index (κ1) is 18.7. The summed E-state index contributed by atoms with van der Waals surface area (Å²) in [4.78, 5) is 49.3. The van der Waals surface area contributed by atoms with Crippen molar-refractivity contribution in [2.75, 3.05) is 12.3 Å². The van der Waals surface area contributed by atoms with E-state index in [1.807, 2.05) is 0 Å². The van der Waals surface area contributed by atoms with Crippen LogP contribution in [0.5, 0.6) is 0 Å². The minimum absolute atomic E-state index is 0.0137. The molecule has 0 bridgehead atoms. The molecule has 6 N–H and O–H groups in total. The van der Waals surface area contributed by atoms with Crippen LogP contribution >= 0.6 is 15.6 Å². The Labute approximate surface area is 148 Å². The number of fused-ring (bicyclic) bond motifs is 2. The Morgan fingerprint density at radius 3 is 2.81 bits per heavy atom. The summed E-state index contributed by atoms with van der Waals surface area (Å²) >= 11 is 0. The van der Waals surface area contributed by atoms with Crippen LogP contribution in [-0.4, -0.2) is 59.1 Å². The highest BCUT2D eigenvalue weighted by atomic mass is 31.2. The van der Waals surface area contributed by atoms with Crippen molar-refractivity contribution >= 4 is 32.8 Å². The van der Waals surface area contributed by atoms with Gasteiger partial charge in [0.15, 0.2) is 17.4 Å². The minimum atomic E-state index is -4.82. The van der Waals surface area contributed by atoms with E-state index >= 15 is 0 Å². The number of aromatic nitrogens is 4. The number of ether oxygens (including phenoxy) is 1. The largest absolute Gasteiger partial charge is 0.473 e. The van der Waals surface area contributed by atoms with Crippen LogP contribution in [0.2, 0.25) is 0 Å². The summed E-state index contributed by atoms with van der Waals surface area (Å²) in [5, 5.41) is 0. The summed E-state index contributed by atoms with van der Waals surface area (Å²) < 4.78 is 43.9. The number of H-pyrrole nitrogens is 1. The SMILES string of the molecule is Nc1nc2c(ncn2[C@@H]2O[C@H](COP(=O)(O)O)[C@H]3OP(=O)(O)O[C@H]32)c(=O)[nH]1. The third-order valence-corrected chi connectivity index (χ3v) is 5.43. The fourth-order valence-corrected chi connectivity index (χ4v) is 4.42. The van der Waals surface area contributed by atoms with E-state index in [1.165, 1.54) is 10.9 Å². The van der Waals surface area contributed by atoms with E-state index in [1.54, 1.807) is 0 Å². The van der Waals surface area contributed by atoms with Crippen LogP contribution in [0.15, 0.2) is 11.1 Å². The molecule has 0 aromatic carbocycles. The summed E-state index contributed by atoms with van der Waals surface area (Å²) in [5.41, 5.74) is 4.87. The molecular formula is C10H13N5O10P2. The number of anilines is 1. The Hall–Kier alpha value is -1.67. The molecule has 0 saturated carbocycles. The number of nitrogens with zero attached hydrogens (tertiary/aromatic N) is 3. The molecule has 5 atom stereocenters. The fraction of sp³-hybridized carbons (Fsp3) is 0.500. The average molecular weight is 425 g/mol. The van der Waals surface area contributed by atoms with Crippen LogP contribution in [0.25, 0.3) is 11.2 Å². The van der Waals surface area contributed by atoms with Crippen LogP contribution < -0.4 is 11.3 Å². The Morgan fingerprint density at radius 2 is 2.11 bits per heavy atom. The van der Waals surface area contributed by atoms with E-state index in [-0.39, 0.29) is 17.1 Å². The van der Waals surface area contributed by atoms with Gasteiger partial charge < -0.3 is 25.2 Å². The van der Waals surface area contributed by atoms with E-state index in [9.17, 15) is 18.8 Å². The fourth-order valence-electron chi connectivity index (χ4n) is 2.94. The molecule has 0 aliphatic carbocycles.